The Morgan fingerprint density at radius 1 is 1.00 bits per heavy atom. The Kier molecular flexibility index (Phi) is 5.24. The van der Waals surface area contributed by atoms with Gasteiger partial charge in [0.25, 0.3) is 0 Å². The summed E-state index contributed by atoms with van der Waals surface area (Å²) in [6.07, 6.45) is 2.55. The van der Waals surface area contributed by atoms with Crippen molar-refractivity contribution >= 4 is 29.1 Å². The highest BCUT2D eigenvalue weighted by atomic mass is 35.5. The highest BCUT2D eigenvalue weighted by molar-refractivity contribution is 5.91. The molecule has 3 nitrogen and oxygen atoms in total. The Hall–Kier alpha value is -2.13. The van der Waals surface area contributed by atoms with Gasteiger partial charge in [-0.05, 0) is 37.8 Å². The number of aryl methyl sites for hydroxylation is 1. The second-order valence-electron chi connectivity index (χ2n) is 6.95. The van der Waals surface area contributed by atoms with Gasteiger partial charge in [0.15, 0.2) is 5.82 Å². The number of rotatable bonds is 2. The van der Waals surface area contributed by atoms with Crippen molar-refractivity contribution in [2.24, 2.45) is 5.92 Å². The van der Waals surface area contributed by atoms with E-state index in [0.29, 0.717) is 0 Å². The molecule has 130 valence electrons. The molecule has 3 aromatic rings. The number of fused-ring (bicyclic) bond motifs is 1. The molecule has 1 aliphatic rings. The minimum Gasteiger partial charge on any atom is -0.356 e. The molecule has 0 saturated carbocycles. The normalized spacial score (nSPS) is 17.4. The van der Waals surface area contributed by atoms with E-state index in [1.165, 1.54) is 18.4 Å². The van der Waals surface area contributed by atoms with E-state index in [-0.39, 0.29) is 12.4 Å². The molecule has 0 spiro atoms. The number of hydrogen-bond donors (Lipinski definition) is 0. The summed E-state index contributed by atoms with van der Waals surface area (Å²) >= 11 is 0. The van der Waals surface area contributed by atoms with E-state index >= 15 is 0 Å². The van der Waals surface area contributed by atoms with Gasteiger partial charge in [0, 0.05) is 24.0 Å². The molecule has 1 atom stereocenters. The second kappa shape index (κ2) is 7.40. The fraction of sp³-hybridized carbons (Fsp3) is 0.333. The Labute approximate surface area is 155 Å². The maximum Gasteiger partial charge on any atom is 0.162 e. The maximum absolute atomic E-state index is 4.97. The highest BCUT2D eigenvalue weighted by Gasteiger charge is 2.20. The van der Waals surface area contributed by atoms with Gasteiger partial charge in [0.2, 0.25) is 0 Å². The molecule has 1 fully saturated rings. The summed E-state index contributed by atoms with van der Waals surface area (Å²) in [6, 6.07) is 16.8. The number of piperidine rings is 1. The molecule has 0 amide bonds. The number of para-hydroxylation sites is 1. The predicted molar refractivity (Wildman–Crippen MR) is 108 cm³/mol. The van der Waals surface area contributed by atoms with Crippen LogP contribution in [-0.2, 0) is 0 Å². The van der Waals surface area contributed by atoms with Gasteiger partial charge in [-0.1, -0.05) is 48.9 Å². The third kappa shape index (κ3) is 3.62. The van der Waals surface area contributed by atoms with Gasteiger partial charge in [0.1, 0.15) is 5.82 Å². The minimum atomic E-state index is 0. The van der Waals surface area contributed by atoms with Gasteiger partial charge < -0.3 is 4.90 Å². The van der Waals surface area contributed by atoms with Crippen LogP contribution in [0.5, 0.6) is 0 Å². The predicted octanol–water partition coefficient (Wildman–Crippen LogP) is 5.26. The third-order valence-electron chi connectivity index (χ3n) is 4.85. The lowest BCUT2D eigenvalue weighted by molar-refractivity contribution is 0.445. The number of benzene rings is 2. The topological polar surface area (TPSA) is 29.0 Å². The van der Waals surface area contributed by atoms with Crippen molar-refractivity contribution in [1.29, 1.82) is 0 Å². The number of aromatic nitrogens is 2. The molecule has 1 aliphatic heterocycles. The average Bonchev–Trinajstić information content (AvgIpc) is 2.61. The lowest BCUT2D eigenvalue weighted by Gasteiger charge is -2.32. The lowest BCUT2D eigenvalue weighted by Crippen LogP contribution is -2.35. The lowest BCUT2D eigenvalue weighted by atomic mass is 10.00. The summed E-state index contributed by atoms with van der Waals surface area (Å²) in [5.41, 5.74) is 3.36. The molecule has 4 heteroatoms. The SMILES string of the molecule is Cc1ccc(-c2nc(N3CCCC(C)C3)c3ccccc3n2)cc1.Cl. The van der Waals surface area contributed by atoms with Crippen LogP contribution in [0.3, 0.4) is 0 Å². The molecule has 1 aromatic heterocycles. The van der Waals surface area contributed by atoms with Gasteiger partial charge in [-0.25, -0.2) is 9.97 Å². The highest BCUT2D eigenvalue weighted by Crippen LogP contribution is 2.30. The number of hydrogen-bond acceptors (Lipinski definition) is 3. The van der Waals surface area contributed by atoms with Crippen LogP contribution in [0.4, 0.5) is 5.82 Å². The zero-order valence-electron chi connectivity index (χ0n) is 14.8. The molecule has 4 rings (SSSR count). The Bertz CT molecular complexity index is 861. The second-order valence-corrected chi connectivity index (χ2v) is 6.95. The first-order chi connectivity index (χ1) is 11.7. The van der Waals surface area contributed by atoms with Crippen molar-refractivity contribution in [3.05, 3.63) is 54.1 Å². The third-order valence-corrected chi connectivity index (χ3v) is 4.85. The van der Waals surface area contributed by atoms with Gasteiger partial charge in [-0.2, -0.15) is 0 Å². The Morgan fingerprint density at radius 3 is 2.52 bits per heavy atom. The van der Waals surface area contributed by atoms with Gasteiger partial charge in [-0.3, -0.25) is 0 Å². The van der Waals surface area contributed by atoms with Crippen molar-refractivity contribution in [2.75, 3.05) is 18.0 Å². The van der Waals surface area contributed by atoms with E-state index in [9.17, 15) is 0 Å². The fourth-order valence-electron chi connectivity index (χ4n) is 3.51. The van der Waals surface area contributed by atoms with Crippen molar-refractivity contribution in [1.82, 2.24) is 9.97 Å². The quantitative estimate of drug-likeness (QED) is 0.629. The summed E-state index contributed by atoms with van der Waals surface area (Å²) in [6.45, 7) is 6.59. The summed E-state index contributed by atoms with van der Waals surface area (Å²) in [5.74, 6) is 2.62. The monoisotopic (exact) mass is 353 g/mol. The van der Waals surface area contributed by atoms with Crippen LogP contribution in [-0.4, -0.2) is 23.1 Å². The van der Waals surface area contributed by atoms with Crippen molar-refractivity contribution in [3.63, 3.8) is 0 Å². The zero-order valence-corrected chi connectivity index (χ0v) is 15.6. The molecular formula is C21H24ClN3. The largest absolute Gasteiger partial charge is 0.356 e. The molecule has 0 radical (unpaired) electrons. The molecule has 1 saturated heterocycles. The summed E-state index contributed by atoms with van der Waals surface area (Å²) in [4.78, 5) is 12.2. The fourth-order valence-corrected chi connectivity index (χ4v) is 3.51. The van der Waals surface area contributed by atoms with E-state index in [2.05, 4.69) is 67.3 Å². The van der Waals surface area contributed by atoms with Crippen LogP contribution in [0.15, 0.2) is 48.5 Å². The Morgan fingerprint density at radius 2 is 1.76 bits per heavy atom. The number of halogens is 1. The molecule has 0 aliphatic carbocycles. The van der Waals surface area contributed by atoms with Crippen molar-refractivity contribution in [2.45, 2.75) is 26.7 Å². The van der Waals surface area contributed by atoms with Gasteiger partial charge >= 0.3 is 0 Å². The molecule has 0 N–H and O–H groups in total. The van der Waals surface area contributed by atoms with Crippen molar-refractivity contribution in [3.8, 4) is 11.4 Å². The molecule has 1 unspecified atom stereocenters. The van der Waals surface area contributed by atoms with E-state index < -0.39 is 0 Å². The molecule has 0 bridgehead atoms. The molecular weight excluding hydrogens is 330 g/mol. The van der Waals surface area contributed by atoms with Crippen LogP contribution < -0.4 is 4.90 Å². The summed E-state index contributed by atoms with van der Waals surface area (Å²) in [5, 5.41) is 1.16. The van der Waals surface area contributed by atoms with E-state index in [4.69, 9.17) is 9.97 Å². The summed E-state index contributed by atoms with van der Waals surface area (Å²) in [7, 11) is 0. The zero-order chi connectivity index (χ0) is 16.5. The standard InChI is InChI=1S/C21H23N3.ClH/c1-15-9-11-17(12-10-15)20-22-19-8-4-3-7-18(19)21(23-20)24-13-5-6-16(2)14-24;/h3-4,7-12,16H,5-6,13-14H2,1-2H3;1H. The molecule has 2 aromatic carbocycles. The van der Waals surface area contributed by atoms with E-state index in [1.54, 1.807) is 0 Å². The van der Waals surface area contributed by atoms with Crippen LogP contribution in [0.25, 0.3) is 22.3 Å². The smallest absolute Gasteiger partial charge is 0.162 e. The van der Waals surface area contributed by atoms with Crippen LogP contribution in [0, 0.1) is 12.8 Å². The minimum absolute atomic E-state index is 0. The average molecular weight is 354 g/mol. The van der Waals surface area contributed by atoms with Crippen molar-refractivity contribution < 1.29 is 0 Å². The summed E-state index contributed by atoms with van der Waals surface area (Å²) < 4.78 is 0. The first kappa shape index (κ1) is 17.7. The number of anilines is 1. The Balaban J connectivity index is 0.00000182. The molecule has 2 heterocycles. The van der Waals surface area contributed by atoms with E-state index in [0.717, 1.165) is 47.1 Å². The first-order valence-electron chi connectivity index (χ1n) is 8.79. The van der Waals surface area contributed by atoms with Crippen LogP contribution in [0.2, 0.25) is 0 Å². The molecule has 25 heavy (non-hydrogen) atoms. The van der Waals surface area contributed by atoms with Crippen LogP contribution >= 0.6 is 12.4 Å². The first-order valence-corrected chi connectivity index (χ1v) is 8.79. The van der Waals surface area contributed by atoms with E-state index in [1.807, 2.05) is 0 Å². The van der Waals surface area contributed by atoms with Gasteiger partial charge in [-0.15, -0.1) is 12.4 Å². The maximum atomic E-state index is 4.97. The van der Waals surface area contributed by atoms with Gasteiger partial charge in [0.05, 0.1) is 5.52 Å². The van der Waals surface area contributed by atoms with Crippen LogP contribution in [0.1, 0.15) is 25.3 Å². The number of nitrogens with zero attached hydrogens (tertiary/aromatic N) is 3.